The summed E-state index contributed by atoms with van der Waals surface area (Å²) in [6.07, 6.45) is 7.82. The number of hydrogen-bond acceptors (Lipinski definition) is 1. The molecule has 15 heavy (non-hydrogen) atoms. The molecule has 0 heterocycles. The number of carbonyl (C=O) groups is 1. The van der Waals surface area contributed by atoms with E-state index < -0.39 is 11.4 Å². The third-order valence-electron chi connectivity index (χ3n) is 3.37. The second kappa shape index (κ2) is 5.80. The molecule has 0 unspecified atom stereocenters. The Bertz CT molecular complexity index is 262. The largest absolute Gasteiger partial charge is 0.481 e. The lowest BCUT2D eigenvalue weighted by atomic mass is 9.74. The van der Waals surface area contributed by atoms with Gasteiger partial charge >= 0.3 is 5.97 Å². The predicted octanol–water partition coefficient (Wildman–Crippen LogP) is 3.22. The summed E-state index contributed by atoms with van der Waals surface area (Å²) in [6, 6.07) is 0. The van der Waals surface area contributed by atoms with Crippen molar-refractivity contribution in [2.24, 2.45) is 5.41 Å². The van der Waals surface area contributed by atoms with E-state index in [-0.39, 0.29) is 0 Å². The molecule has 1 fully saturated rings. The molecule has 0 aromatic heterocycles. The topological polar surface area (TPSA) is 37.3 Å². The van der Waals surface area contributed by atoms with Crippen molar-refractivity contribution in [3.05, 3.63) is 0 Å². The molecule has 84 valence electrons. The van der Waals surface area contributed by atoms with Gasteiger partial charge in [0.2, 0.25) is 0 Å². The molecule has 1 saturated carbocycles. The molecule has 0 aromatic carbocycles. The molecular weight excluding hydrogens is 188 g/mol. The number of hydrogen-bond donors (Lipinski definition) is 1. The summed E-state index contributed by atoms with van der Waals surface area (Å²) in [7, 11) is 0. The minimum atomic E-state index is -0.646. The standard InChI is InChI=1S/C13H20O2/c1-2-3-9-13(12(14)15)10-7-5-4-6-8-11-13/h4-11H2,1H3,(H,14,15). The molecule has 0 radical (unpaired) electrons. The Morgan fingerprint density at radius 2 is 1.73 bits per heavy atom. The lowest BCUT2D eigenvalue weighted by Crippen LogP contribution is -2.31. The molecule has 1 N–H and O–H groups in total. The van der Waals surface area contributed by atoms with Crippen molar-refractivity contribution in [3.8, 4) is 11.8 Å². The molecular formula is C13H20O2. The first-order valence-corrected chi connectivity index (χ1v) is 5.84. The molecule has 0 bridgehead atoms. The average molecular weight is 208 g/mol. The second-order valence-corrected chi connectivity index (χ2v) is 4.46. The van der Waals surface area contributed by atoms with E-state index in [9.17, 15) is 9.90 Å². The molecule has 0 amide bonds. The Hall–Kier alpha value is -0.970. The first kappa shape index (κ1) is 12.1. The molecule has 2 heteroatoms. The summed E-state index contributed by atoms with van der Waals surface area (Å²) >= 11 is 0. The zero-order valence-electron chi connectivity index (χ0n) is 9.51. The van der Waals surface area contributed by atoms with Crippen LogP contribution in [-0.2, 0) is 4.79 Å². The minimum absolute atomic E-state index is 0.527. The SMILES string of the molecule is CC#CCC1(C(=O)O)CCCCCCC1. The van der Waals surface area contributed by atoms with E-state index in [0.717, 1.165) is 25.7 Å². The van der Waals surface area contributed by atoms with Crippen molar-refractivity contribution in [2.75, 3.05) is 0 Å². The minimum Gasteiger partial charge on any atom is -0.481 e. The molecule has 0 aromatic rings. The van der Waals surface area contributed by atoms with Gasteiger partial charge in [-0.15, -0.1) is 11.8 Å². The van der Waals surface area contributed by atoms with Gasteiger partial charge in [-0.2, -0.15) is 0 Å². The van der Waals surface area contributed by atoms with E-state index in [2.05, 4.69) is 11.8 Å². The van der Waals surface area contributed by atoms with Crippen LogP contribution in [0.5, 0.6) is 0 Å². The Labute approximate surface area is 92.1 Å². The van der Waals surface area contributed by atoms with Crippen molar-refractivity contribution in [3.63, 3.8) is 0 Å². The van der Waals surface area contributed by atoms with Crippen LogP contribution in [0.2, 0.25) is 0 Å². The van der Waals surface area contributed by atoms with Crippen LogP contribution in [0.1, 0.15) is 58.3 Å². The smallest absolute Gasteiger partial charge is 0.310 e. The summed E-state index contributed by atoms with van der Waals surface area (Å²) < 4.78 is 0. The molecule has 2 nitrogen and oxygen atoms in total. The van der Waals surface area contributed by atoms with E-state index in [1.807, 2.05) is 0 Å². The third kappa shape index (κ3) is 3.27. The molecule has 0 saturated heterocycles. The zero-order valence-corrected chi connectivity index (χ0v) is 9.51. The first-order chi connectivity index (χ1) is 7.21. The van der Waals surface area contributed by atoms with Crippen molar-refractivity contribution in [1.82, 2.24) is 0 Å². The maximum Gasteiger partial charge on any atom is 0.310 e. The lowest BCUT2D eigenvalue weighted by molar-refractivity contribution is -0.150. The van der Waals surface area contributed by atoms with Crippen LogP contribution in [0.15, 0.2) is 0 Å². The highest BCUT2D eigenvalue weighted by Crippen LogP contribution is 2.37. The van der Waals surface area contributed by atoms with Gasteiger partial charge in [0, 0.05) is 6.42 Å². The highest BCUT2D eigenvalue weighted by Gasteiger charge is 2.37. The van der Waals surface area contributed by atoms with E-state index in [1.54, 1.807) is 6.92 Å². The maximum absolute atomic E-state index is 11.4. The van der Waals surface area contributed by atoms with Gasteiger partial charge in [0.05, 0.1) is 5.41 Å². The molecule has 1 rings (SSSR count). The van der Waals surface area contributed by atoms with Gasteiger partial charge in [-0.1, -0.05) is 32.1 Å². The Morgan fingerprint density at radius 1 is 1.20 bits per heavy atom. The summed E-state index contributed by atoms with van der Waals surface area (Å²) in [4.78, 5) is 11.4. The van der Waals surface area contributed by atoms with Crippen molar-refractivity contribution in [1.29, 1.82) is 0 Å². The summed E-state index contributed by atoms with van der Waals surface area (Å²) in [5.74, 6) is 5.13. The first-order valence-electron chi connectivity index (χ1n) is 5.84. The van der Waals surface area contributed by atoms with Crippen LogP contribution in [0, 0.1) is 17.3 Å². The van der Waals surface area contributed by atoms with E-state index in [1.165, 1.54) is 19.3 Å². The van der Waals surface area contributed by atoms with Crippen LogP contribution in [-0.4, -0.2) is 11.1 Å². The number of carboxylic acids is 1. The van der Waals surface area contributed by atoms with Gasteiger partial charge in [0.1, 0.15) is 0 Å². The van der Waals surface area contributed by atoms with E-state index in [0.29, 0.717) is 6.42 Å². The molecule has 1 aliphatic carbocycles. The normalized spacial score (nSPS) is 20.6. The molecule has 0 spiro atoms. The zero-order chi connectivity index (χ0) is 11.1. The number of aliphatic carboxylic acids is 1. The fraction of sp³-hybridized carbons (Fsp3) is 0.769. The van der Waals surface area contributed by atoms with Crippen LogP contribution < -0.4 is 0 Å². The van der Waals surface area contributed by atoms with Gasteiger partial charge in [0.25, 0.3) is 0 Å². The Morgan fingerprint density at radius 3 is 2.20 bits per heavy atom. The highest BCUT2D eigenvalue weighted by molar-refractivity contribution is 5.75. The average Bonchev–Trinajstić information content (AvgIpc) is 2.16. The monoisotopic (exact) mass is 208 g/mol. The number of carboxylic acid groups (broad SMARTS) is 1. The van der Waals surface area contributed by atoms with Crippen LogP contribution in [0.4, 0.5) is 0 Å². The van der Waals surface area contributed by atoms with Gasteiger partial charge in [-0.25, -0.2) is 0 Å². The Kier molecular flexibility index (Phi) is 4.68. The lowest BCUT2D eigenvalue weighted by Gasteiger charge is -2.29. The van der Waals surface area contributed by atoms with Gasteiger partial charge in [-0.05, 0) is 19.8 Å². The maximum atomic E-state index is 11.4. The number of rotatable bonds is 2. The third-order valence-corrected chi connectivity index (χ3v) is 3.37. The van der Waals surface area contributed by atoms with Gasteiger partial charge in [-0.3, -0.25) is 4.79 Å². The Balaban J connectivity index is 2.73. The molecule has 0 atom stereocenters. The van der Waals surface area contributed by atoms with Crippen LogP contribution >= 0.6 is 0 Å². The van der Waals surface area contributed by atoms with Crippen LogP contribution in [0.3, 0.4) is 0 Å². The van der Waals surface area contributed by atoms with Crippen molar-refractivity contribution >= 4 is 5.97 Å². The molecule has 1 aliphatic rings. The quantitative estimate of drug-likeness (QED) is 0.707. The van der Waals surface area contributed by atoms with E-state index >= 15 is 0 Å². The van der Waals surface area contributed by atoms with E-state index in [4.69, 9.17) is 0 Å². The predicted molar refractivity (Wildman–Crippen MR) is 60.5 cm³/mol. The summed E-state index contributed by atoms with van der Waals surface area (Å²) in [5.41, 5.74) is -0.552. The van der Waals surface area contributed by atoms with Gasteiger partial charge < -0.3 is 5.11 Å². The summed E-state index contributed by atoms with van der Waals surface area (Å²) in [5, 5.41) is 9.36. The summed E-state index contributed by atoms with van der Waals surface area (Å²) in [6.45, 7) is 1.78. The van der Waals surface area contributed by atoms with Gasteiger partial charge in [0.15, 0.2) is 0 Å². The fourth-order valence-corrected chi connectivity index (χ4v) is 2.31. The van der Waals surface area contributed by atoms with Crippen molar-refractivity contribution in [2.45, 2.75) is 58.3 Å². The second-order valence-electron chi connectivity index (χ2n) is 4.46. The van der Waals surface area contributed by atoms with Crippen molar-refractivity contribution < 1.29 is 9.90 Å². The highest BCUT2D eigenvalue weighted by atomic mass is 16.4. The van der Waals surface area contributed by atoms with Crippen LogP contribution in [0.25, 0.3) is 0 Å². The molecule has 0 aliphatic heterocycles. The fourth-order valence-electron chi connectivity index (χ4n) is 2.31.